The number of carbonyl (C=O) groups excluding carboxylic acids is 3. The zero-order valence-electron chi connectivity index (χ0n) is 17.2. The molecule has 2 fully saturated rings. The third-order valence-electron chi connectivity index (χ3n) is 8.18. The highest BCUT2D eigenvalue weighted by Gasteiger charge is 2.70. The van der Waals surface area contributed by atoms with Crippen LogP contribution in [0.3, 0.4) is 0 Å². The Hall–Kier alpha value is -1.66. The Morgan fingerprint density at radius 2 is 1.97 bits per heavy atom. The van der Waals surface area contributed by atoms with Gasteiger partial charge in [0.15, 0.2) is 11.4 Å². The Morgan fingerprint density at radius 3 is 2.59 bits per heavy atom. The van der Waals surface area contributed by atoms with Crippen molar-refractivity contribution in [3.63, 3.8) is 0 Å². The van der Waals surface area contributed by atoms with E-state index in [1.54, 1.807) is 0 Å². The van der Waals surface area contributed by atoms with Crippen LogP contribution in [0.1, 0.15) is 47.0 Å². The van der Waals surface area contributed by atoms with Crippen molar-refractivity contribution in [1.82, 2.24) is 0 Å². The van der Waals surface area contributed by atoms with Crippen LogP contribution in [0.4, 0.5) is 0 Å². The van der Waals surface area contributed by atoms with E-state index in [0.29, 0.717) is 17.9 Å². The molecule has 1 aliphatic heterocycles. The predicted molar refractivity (Wildman–Crippen MR) is 105 cm³/mol. The van der Waals surface area contributed by atoms with Gasteiger partial charge in [-0.3, -0.25) is 9.59 Å². The van der Waals surface area contributed by atoms with E-state index in [0.717, 1.165) is 12.0 Å². The predicted octanol–water partition coefficient (Wildman–Crippen LogP) is 2.92. The van der Waals surface area contributed by atoms with Gasteiger partial charge in [0.25, 0.3) is 0 Å². The normalized spacial score (nSPS) is 45.8. The topological polar surface area (TPSA) is 89.9 Å². The van der Waals surface area contributed by atoms with Gasteiger partial charge in [-0.25, -0.2) is 4.79 Å². The minimum atomic E-state index is -1.73. The first kappa shape index (κ1) is 20.6. The van der Waals surface area contributed by atoms with Gasteiger partial charge in [-0.15, -0.1) is 0 Å². The lowest BCUT2D eigenvalue weighted by Crippen LogP contribution is -2.60. The van der Waals surface area contributed by atoms with Gasteiger partial charge in [0.05, 0.1) is 0 Å². The van der Waals surface area contributed by atoms with Crippen molar-refractivity contribution < 1.29 is 29.0 Å². The fraction of sp³-hybridized carbons (Fsp3) is 0.682. The van der Waals surface area contributed by atoms with Crippen LogP contribution < -0.4 is 0 Å². The summed E-state index contributed by atoms with van der Waals surface area (Å²) in [5, 5.41) is 12.1. The number of fused-ring (bicyclic) bond motifs is 5. The second kappa shape index (κ2) is 6.42. The summed E-state index contributed by atoms with van der Waals surface area (Å²) in [5.74, 6) is -1.24. The summed E-state index contributed by atoms with van der Waals surface area (Å²) in [4.78, 5) is 36.1. The molecule has 0 amide bonds. The Bertz CT molecular complexity index is 861. The number of halogens is 1. The number of hydrogen-bond acceptors (Lipinski definition) is 6. The second-order valence-corrected chi connectivity index (χ2v) is 9.91. The van der Waals surface area contributed by atoms with E-state index in [-0.39, 0.29) is 36.1 Å². The molecule has 1 heterocycles. The first-order valence-electron chi connectivity index (χ1n) is 10.1. The standard InChI is InChI=1S/C22H27ClO6/c1-11(24)22(27)18(29-12(2)25)8-15-13-7-17(23)16-9-19(26)28-10-20(16,3)14(13)5-6-21(15,22)4/h7,9,13-15,18,27H,5-6,8,10H2,1-4H3/t13-,14+,15+,18+,20-,21+,22-/m1/s1. The molecular weight excluding hydrogens is 396 g/mol. The van der Waals surface area contributed by atoms with Crippen molar-refractivity contribution in [3.8, 4) is 0 Å². The maximum Gasteiger partial charge on any atom is 0.331 e. The molecule has 0 saturated heterocycles. The zero-order valence-corrected chi connectivity index (χ0v) is 17.9. The molecule has 2 saturated carbocycles. The van der Waals surface area contributed by atoms with Gasteiger partial charge in [-0.05, 0) is 49.5 Å². The molecule has 0 radical (unpaired) electrons. The largest absolute Gasteiger partial charge is 0.462 e. The first-order valence-corrected chi connectivity index (χ1v) is 10.5. The molecule has 0 bridgehead atoms. The van der Waals surface area contributed by atoms with Gasteiger partial charge >= 0.3 is 11.9 Å². The summed E-state index contributed by atoms with van der Waals surface area (Å²) in [6.07, 6.45) is 4.31. The van der Waals surface area contributed by atoms with Gasteiger partial charge in [-0.1, -0.05) is 31.5 Å². The van der Waals surface area contributed by atoms with Crippen molar-refractivity contribution in [2.45, 2.75) is 58.7 Å². The number of ether oxygens (including phenoxy) is 2. The lowest BCUT2D eigenvalue weighted by atomic mass is 9.49. The number of hydrogen-bond donors (Lipinski definition) is 1. The van der Waals surface area contributed by atoms with Crippen LogP contribution in [0.15, 0.2) is 22.8 Å². The highest BCUT2D eigenvalue weighted by molar-refractivity contribution is 6.32. The van der Waals surface area contributed by atoms with Gasteiger partial charge in [0, 0.05) is 28.9 Å². The Kier molecular flexibility index (Phi) is 4.56. The van der Waals surface area contributed by atoms with E-state index in [1.165, 1.54) is 19.9 Å². The Balaban J connectivity index is 1.81. The summed E-state index contributed by atoms with van der Waals surface area (Å²) in [6.45, 7) is 6.91. The van der Waals surface area contributed by atoms with Crippen molar-refractivity contribution in [2.75, 3.05) is 6.61 Å². The number of esters is 2. The van der Waals surface area contributed by atoms with Crippen LogP contribution in [0, 0.1) is 28.6 Å². The third kappa shape index (κ3) is 2.61. The maximum absolute atomic E-state index is 12.6. The van der Waals surface area contributed by atoms with Crippen LogP contribution in [-0.2, 0) is 23.9 Å². The van der Waals surface area contributed by atoms with Crippen molar-refractivity contribution in [1.29, 1.82) is 0 Å². The van der Waals surface area contributed by atoms with E-state index in [4.69, 9.17) is 21.1 Å². The van der Waals surface area contributed by atoms with Crippen LogP contribution in [-0.4, -0.2) is 41.1 Å². The van der Waals surface area contributed by atoms with Crippen LogP contribution in [0.25, 0.3) is 0 Å². The Morgan fingerprint density at radius 1 is 1.28 bits per heavy atom. The minimum absolute atomic E-state index is 0.0216. The van der Waals surface area contributed by atoms with Crippen LogP contribution in [0.2, 0.25) is 0 Å². The number of cyclic esters (lactones) is 1. The van der Waals surface area contributed by atoms with Gasteiger partial charge < -0.3 is 14.6 Å². The smallest absolute Gasteiger partial charge is 0.331 e. The first-order chi connectivity index (χ1) is 13.4. The SMILES string of the molecule is CC(=O)O[C@H]1C[C@H]2[C@@H]3C=C(Cl)C4=CC(=O)OC[C@]4(C)[C@H]3CC[C@]2(C)[C@@]1(O)C(C)=O. The fourth-order valence-electron chi connectivity index (χ4n) is 6.67. The minimum Gasteiger partial charge on any atom is -0.462 e. The molecule has 0 aromatic heterocycles. The Labute approximate surface area is 175 Å². The van der Waals surface area contributed by atoms with E-state index < -0.39 is 28.5 Å². The number of allylic oxidation sites excluding steroid dienone is 2. The van der Waals surface area contributed by atoms with Crippen LogP contribution >= 0.6 is 11.6 Å². The van der Waals surface area contributed by atoms with E-state index >= 15 is 0 Å². The summed E-state index contributed by atoms with van der Waals surface area (Å²) in [6, 6.07) is 0. The number of Topliss-reactive ketones (excluding diaryl/α,β-unsaturated/α-hetero) is 1. The molecule has 158 valence electrons. The maximum atomic E-state index is 12.6. The number of rotatable bonds is 2. The molecule has 6 nitrogen and oxygen atoms in total. The average molecular weight is 423 g/mol. The molecule has 3 aliphatic carbocycles. The molecular formula is C22H27ClO6. The van der Waals surface area contributed by atoms with Crippen molar-refractivity contribution >= 4 is 29.3 Å². The highest BCUT2D eigenvalue weighted by Crippen LogP contribution is 2.67. The lowest BCUT2D eigenvalue weighted by Gasteiger charge is -2.56. The molecule has 0 aromatic rings. The van der Waals surface area contributed by atoms with Gasteiger partial charge in [-0.2, -0.15) is 0 Å². The molecule has 1 N–H and O–H groups in total. The third-order valence-corrected chi connectivity index (χ3v) is 8.51. The van der Waals surface area contributed by atoms with Crippen molar-refractivity contribution in [3.05, 3.63) is 22.8 Å². The highest BCUT2D eigenvalue weighted by atomic mass is 35.5. The number of ketones is 1. The summed E-state index contributed by atoms with van der Waals surface area (Å²) < 4.78 is 10.8. The molecule has 0 spiro atoms. The summed E-state index contributed by atoms with van der Waals surface area (Å²) in [7, 11) is 0. The molecule has 0 unspecified atom stereocenters. The van der Waals surface area contributed by atoms with E-state index in [9.17, 15) is 19.5 Å². The molecule has 0 aromatic carbocycles. The second-order valence-electron chi connectivity index (χ2n) is 9.50. The van der Waals surface area contributed by atoms with E-state index in [2.05, 4.69) is 6.92 Å². The molecule has 4 rings (SSSR count). The van der Waals surface area contributed by atoms with E-state index in [1.807, 2.05) is 13.0 Å². The van der Waals surface area contributed by atoms with Crippen molar-refractivity contribution in [2.24, 2.45) is 28.6 Å². The van der Waals surface area contributed by atoms with Gasteiger partial charge in [0.1, 0.15) is 12.7 Å². The van der Waals surface area contributed by atoms with Crippen LogP contribution in [0.5, 0.6) is 0 Å². The average Bonchev–Trinajstić information content (AvgIpc) is 2.85. The summed E-state index contributed by atoms with van der Waals surface area (Å²) in [5.41, 5.74) is -2.09. The van der Waals surface area contributed by atoms with Gasteiger partial charge in [0.2, 0.25) is 0 Å². The lowest BCUT2D eigenvalue weighted by molar-refractivity contribution is -0.183. The summed E-state index contributed by atoms with van der Waals surface area (Å²) >= 11 is 6.63. The molecule has 29 heavy (non-hydrogen) atoms. The quantitative estimate of drug-likeness (QED) is 0.688. The molecule has 7 atom stereocenters. The fourth-order valence-corrected chi connectivity index (χ4v) is 7.08. The number of carbonyl (C=O) groups is 3. The monoisotopic (exact) mass is 422 g/mol. The zero-order chi connectivity index (χ0) is 21.4. The number of aliphatic hydroxyl groups is 1. The molecule has 7 heteroatoms. The molecule has 4 aliphatic rings.